The molecule has 0 N–H and O–H groups in total. The van der Waals surface area contributed by atoms with Gasteiger partial charge in [-0.05, 0) is 20.3 Å². The van der Waals surface area contributed by atoms with E-state index in [1.807, 2.05) is 30.9 Å². The molecule has 0 aliphatic rings. The van der Waals surface area contributed by atoms with Gasteiger partial charge in [-0.25, -0.2) is 0 Å². The maximum absolute atomic E-state index is 11.4. The minimum absolute atomic E-state index is 0.227. The van der Waals surface area contributed by atoms with Gasteiger partial charge in [0.15, 0.2) is 0 Å². The van der Waals surface area contributed by atoms with Crippen LogP contribution in [0.5, 0.6) is 0 Å². The van der Waals surface area contributed by atoms with Crippen molar-refractivity contribution in [2.75, 3.05) is 13.1 Å². The molecule has 0 saturated carbocycles. The fourth-order valence-corrected chi connectivity index (χ4v) is 1.06. The Morgan fingerprint density at radius 3 is 2.17 bits per heavy atom. The van der Waals surface area contributed by atoms with Crippen molar-refractivity contribution < 1.29 is 4.79 Å². The predicted octanol–water partition coefficient (Wildman–Crippen LogP) is 2.21. The Morgan fingerprint density at radius 1 is 1.17 bits per heavy atom. The van der Waals surface area contributed by atoms with E-state index in [1.54, 1.807) is 0 Å². The van der Waals surface area contributed by atoms with Gasteiger partial charge in [0.2, 0.25) is 5.91 Å². The molecule has 12 heavy (non-hydrogen) atoms. The van der Waals surface area contributed by atoms with Gasteiger partial charge in [0.25, 0.3) is 0 Å². The monoisotopic (exact) mass is 169 g/mol. The molecule has 2 nitrogen and oxygen atoms in total. The summed E-state index contributed by atoms with van der Waals surface area (Å²) in [4.78, 5) is 13.2. The van der Waals surface area contributed by atoms with E-state index < -0.39 is 0 Å². The molecular weight excluding hydrogens is 150 g/mol. The van der Waals surface area contributed by atoms with E-state index in [0.717, 1.165) is 19.5 Å². The van der Waals surface area contributed by atoms with Crippen LogP contribution in [0.4, 0.5) is 0 Å². The summed E-state index contributed by atoms with van der Waals surface area (Å²) in [5, 5.41) is 0. The number of nitrogens with zero attached hydrogens (tertiary/aromatic N) is 1. The normalized spacial score (nSPS) is 10.6. The molecule has 0 bridgehead atoms. The Labute approximate surface area is 75.3 Å². The van der Waals surface area contributed by atoms with E-state index in [-0.39, 0.29) is 5.91 Å². The maximum Gasteiger partial charge on any atom is 0.226 e. The molecule has 0 saturated heterocycles. The van der Waals surface area contributed by atoms with Gasteiger partial charge in [0.1, 0.15) is 0 Å². The first-order valence-electron chi connectivity index (χ1n) is 4.68. The molecule has 2 heteroatoms. The Balaban J connectivity index is 3.76. The average Bonchev–Trinajstić information content (AvgIpc) is 2.07. The first kappa shape index (κ1) is 11.2. The van der Waals surface area contributed by atoms with Crippen LogP contribution in [0.1, 0.15) is 33.6 Å². The Hall–Kier alpha value is -0.790. The molecule has 70 valence electrons. The zero-order chi connectivity index (χ0) is 9.40. The second-order valence-corrected chi connectivity index (χ2v) is 2.65. The van der Waals surface area contributed by atoms with E-state index in [0.29, 0.717) is 6.42 Å². The van der Waals surface area contributed by atoms with Crippen LogP contribution >= 0.6 is 0 Å². The van der Waals surface area contributed by atoms with Gasteiger partial charge in [-0.2, -0.15) is 0 Å². The molecule has 0 spiro atoms. The Kier molecular flexibility index (Phi) is 6.44. The molecule has 0 rings (SSSR count). The first-order valence-corrected chi connectivity index (χ1v) is 4.68. The first-order chi connectivity index (χ1) is 5.76. The highest BCUT2D eigenvalue weighted by Gasteiger charge is 2.05. The van der Waals surface area contributed by atoms with Gasteiger partial charge in [-0.3, -0.25) is 4.79 Å². The number of allylic oxidation sites excluding steroid dienone is 1. The lowest BCUT2D eigenvalue weighted by Gasteiger charge is -2.17. The summed E-state index contributed by atoms with van der Waals surface area (Å²) in [6, 6.07) is 0. The molecule has 1 amide bonds. The third-order valence-electron chi connectivity index (χ3n) is 1.81. The van der Waals surface area contributed by atoms with Crippen molar-refractivity contribution in [3.05, 3.63) is 12.2 Å². The van der Waals surface area contributed by atoms with Crippen LogP contribution in [0.15, 0.2) is 12.2 Å². The van der Waals surface area contributed by atoms with Crippen molar-refractivity contribution in [1.82, 2.24) is 4.90 Å². The highest BCUT2D eigenvalue weighted by molar-refractivity contribution is 5.77. The van der Waals surface area contributed by atoms with Gasteiger partial charge in [0, 0.05) is 19.5 Å². The third kappa shape index (κ3) is 4.16. The fourth-order valence-electron chi connectivity index (χ4n) is 1.06. The smallest absolute Gasteiger partial charge is 0.226 e. The molecular formula is C10H19NO. The van der Waals surface area contributed by atoms with Crippen LogP contribution in [-0.4, -0.2) is 23.9 Å². The van der Waals surface area contributed by atoms with Crippen LogP contribution in [0.3, 0.4) is 0 Å². The minimum Gasteiger partial charge on any atom is -0.343 e. The summed E-state index contributed by atoms with van der Waals surface area (Å²) in [5.41, 5.74) is 0. The van der Waals surface area contributed by atoms with E-state index in [9.17, 15) is 4.79 Å². The van der Waals surface area contributed by atoms with E-state index >= 15 is 0 Å². The van der Waals surface area contributed by atoms with Gasteiger partial charge in [0.05, 0.1) is 0 Å². The van der Waals surface area contributed by atoms with Crippen LogP contribution in [-0.2, 0) is 4.79 Å². The topological polar surface area (TPSA) is 20.3 Å². The predicted molar refractivity (Wildman–Crippen MR) is 52.0 cm³/mol. The van der Waals surface area contributed by atoms with Crippen LogP contribution < -0.4 is 0 Å². The van der Waals surface area contributed by atoms with E-state index in [1.165, 1.54) is 0 Å². The van der Waals surface area contributed by atoms with Crippen molar-refractivity contribution in [2.45, 2.75) is 33.6 Å². The standard InChI is InChI=1S/C10H19NO/c1-4-7-8-9-10(12)11(5-2)6-3/h7-8H,4-6,9H2,1-3H3/b8-7+. The molecule has 0 aromatic rings. The molecule has 0 aliphatic carbocycles. The average molecular weight is 169 g/mol. The Bertz CT molecular complexity index is 148. The van der Waals surface area contributed by atoms with Crippen molar-refractivity contribution in [1.29, 1.82) is 0 Å². The Morgan fingerprint density at radius 2 is 1.75 bits per heavy atom. The van der Waals surface area contributed by atoms with E-state index in [2.05, 4.69) is 6.92 Å². The van der Waals surface area contributed by atoms with Crippen molar-refractivity contribution in [2.24, 2.45) is 0 Å². The lowest BCUT2D eigenvalue weighted by Crippen LogP contribution is -2.29. The zero-order valence-electron chi connectivity index (χ0n) is 8.34. The van der Waals surface area contributed by atoms with Gasteiger partial charge < -0.3 is 4.90 Å². The maximum atomic E-state index is 11.4. The quantitative estimate of drug-likeness (QED) is 0.578. The fraction of sp³-hybridized carbons (Fsp3) is 0.700. The number of amides is 1. The van der Waals surface area contributed by atoms with Crippen molar-refractivity contribution in [3.63, 3.8) is 0 Å². The minimum atomic E-state index is 0.227. The van der Waals surface area contributed by atoms with Gasteiger partial charge in [-0.1, -0.05) is 19.1 Å². The molecule has 0 fully saturated rings. The summed E-state index contributed by atoms with van der Waals surface area (Å²) in [5.74, 6) is 0.227. The second-order valence-electron chi connectivity index (χ2n) is 2.65. The molecule has 0 aromatic heterocycles. The molecule has 0 heterocycles. The summed E-state index contributed by atoms with van der Waals surface area (Å²) < 4.78 is 0. The van der Waals surface area contributed by atoms with Crippen LogP contribution in [0.25, 0.3) is 0 Å². The summed E-state index contributed by atoms with van der Waals surface area (Å²) in [6.45, 7) is 7.71. The van der Waals surface area contributed by atoms with Gasteiger partial charge >= 0.3 is 0 Å². The number of hydrogen-bond donors (Lipinski definition) is 0. The molecule has 0 atom stereocenters. The number of hydrogen-bond acceptors (Lipinski definition) is 1. The van der Waals surface area contributed by atoms with Crippen molar-refractivity contribution in [3.8, 4) is 0 Å². The van der Waals surface area contributed by atoms with Gasteiger partial charge in [-0.15, -0.1) is 0 Å². The highest BCUT2D eigenvalue weighted by Crippen LogP contribution is 1.95. The largest absolute Gasteiger partial charge is 0.343 e. The third-order valence-corrected chi connectivity index (χ3v) is 1.81. The van der Waals surface area contributed by atoms with Crippen LogP contribution in [0.2, 0.25) is 0 Å². The number of carbonyl (C=O) groups is 1. The summed E-state index contributed by atoms with van der Waals surface area (Å²) in [6.07, 6.45) is 5.53. The number of carbonyl (C=O) groups excluding carboxylic acids is 1. The van der Waals surface area contributed by atoms with E-state index in [4.69, 9.17) is 0 Å². The lowest BCUT2D eigenvalue weighted by atomic mass is 10.3. The molecule has 0 unspecified atom stereocenters. The second kappa shape index (κ2) is 6.89. The van der Waals surface area contributed by atoms with Crippen molar-refractivity contribution >= 4 is 5.91 Å². The highest BCUT2D eigenvalue weighted by atomic mass is 16.2. The molecule has 0 aliphatic heterocycles. The zero-order valence-corrected chi connectivity index (χ0v) is 8.34. The molecule has 0 aromatic carbocycles. The number of rotatable bonds is 5. The molecule has 0 radical (unpaired) electrons. The van der Waals surface area contributed by atoms with Crippen LogP contribution in [0, 0.1) is 0 Å². The lowest BCUT2D eigenvalue weighted by molar-refractivity contribution is -0.129. The SMILES string of the molecule is CC/C=C/CC(=O)N(CC)CC. The summed E-state index contributed by atoms with van der Waals surface area (Å²) in [7, 11) is 0. The summed E-state index contributed by atoms with van der Waals surface area (Å²) >= 11 is 0.